The van der Waals surface area contributed by atoms with Gasteiger partial charge in [-0.05, 0) is 45.6 Å². The zero-order chi connectivity index (χ0) is 17.5. The number of carbonyl (C=O) groups is 2. The fourth-order valence-corrected chi connectivity index (χ4v) is 4.10. The molecule has 1 saturated heterocycles. The van der Waals surface area contributed by atoms with Crippen molar-refractivity contribution in [3.05, 3.63) is 0 Å². The molecule has 2 aliphatic rings. The number of amides is 2. The molecule has 1 saturated carbocycles. The van der Waals surface area contributed by atoms with Gasteiger partial charge in [0, 0.05) is 45.2 Å². The van der Waals surface area contributed by atoms with E-state index in [2.05, 4.69) is 4.90 Å². The van der Waals surface area contributed by atoms with Crippen molar-refractivity contribution in [2.24, 2.45) is 17.6 Å². The Labute approximate surface area is 146 Å². The van der Waals surface area contributed by atoms with Crippen molar-refractivity contribution in [2.45, 2.75) is 39.5 Å². The van der Waals surface area contributed by atoms with E-state index in [4.69, 9.17) is 5.73 Å². The van der Waals surface area contributed by atoms with Gasteiger partial charge < -0.3 is 15.5 Å². The van der Waals surface area contributed by atoms with Crippen LogP contribution in [0.5, 0.6) is 0 Å². The van der Waals surface area contributed by atoms with Crippen LogP contribution in [0.3, 0.4) is 0 Å². The third kappa shape index (κ3) is 4.70. The molecule has 138 valence electrons. The predicted molar refractivity (Wildman–Crippen MR) is 95.5 cm³/mol. The molecular formula is C18H34N4O2. The maximum absolute atomic E-state index is 12.8. The number of hydrogen-bond donors (Lipinski definition) is 1. The second-order valence-electron chi connectivity index (χ2n) is 7.05. The molecule has 2 N–H and O–H groups in total. The van der Waals surface area contributed by atoms with Crippen molar-refractivity contribution in [2.75, 3.05) is 52.4 Å². The van der Waals surface area contributed by atoms with Gasteiger partial charge in [0.05, 0.1) is 6.54 Å². The predicted octanol–water partition coefficient (Wildman–Crippen LogP) is 0.764. The van der Waals surface area contributed by atoms with Crippen molar-refractivity contribution in [1.29, 1.82) is 0 Å². The van der Waals surface area contributed by atoms with Gasteiger partial charge in [0.15, 0.2) is 0 Å². The van der Waals surface area contributed by atoms with E-state index in [1.54, 1.807) is 0 Å². The van der Waals surface area contributed by atoms with Crippen LogP contribution in [-0.4, -0.2) is 78.9 Å². The molecule has 0 aromatic heterocycles. The van der Waals surface area contributed by atoms with E-state index >= 15 is 0 Å². The molecule has 6 nitrogen and oxygen atoms in total. The van der Waals surface area contributed by atoms with Gasteiger partial charge in [0.25, 0.3) is 0 Å². The molecule has 0 aromatic rings. The second kappa shape index (κ2) is 9.37. The number of rotatable bonds is 6. The Morgan fingerprint density at radius 1 is 1.04 bits per heavy atom. The first-order chi connectivity index (χ1) is 11.6. The fourth-order valence-electron chi connectivity index (χ4n) is 4.10. The molecule has 2 fully saturated rings. The van der Waals surface area contributed by atoms with Crippen LogP contribution in [-0.2, 0) is 9.59 Å². The highest BCUT2D eigenvalue weighted by molar-refractivity contribution is 5.80. The first kappa shape index (κ1) is 19.2. The minimum Gasteiger partial charge on any atom is -0.342 e. The van der Waals surface area contributed by atoms with Crippen LogP contribution in [0, 0.1) is 11.8 Å². The Hall–Kier alpha value is -1.14. The van der Waals surface area contributed by atoms with Crippen LogP contribution < -0.4 is 5.73 Å². The van der Waals surface area contributed by atoms with Crippen LogP contribution in [0.1, 0.15) is 39.5 Å². The first-order valence-corrected chi connectivity index (χ1v) is 9.59. The summed E-state index contributed by atoms with van der Waals surface area (Å²) in [4.78, 5) is 31.2. The summed E-state index contributed by atoms with van der Waals surface area (Å²) in [6.45, 7) is 9.86. The average Bonchev–Trinajstić information content (AvgIpc) is 2.95. The lowest BCUT2D eigenvalue weighted by Crippen LogP contribution is -2.43. The number of likely N-dealkylation sites (N-methyl/N-ethyl adjacent to an activating group) is 1. The molecule has 0 spiro atoms. The van der Waals surface area contributed by atoms with Gasteiger partial charge in [-0.2, -0.15) is 0 Å². The Morgan fingerprint density at radius 3 is 2.46 bits per heavy atom. The van der Waals surface area contributed by atoms with E-state index in [-0.39, 0.29) is 11.8 Å². The Balaban J connectivity index is 1.86. The van der Waals surface area contributed by atoms with Gasteiger partial charge in [-0.3, -0.25) is 14.5 Å². The highest BCUT2D eigenvalue weighted by Crippen LogP contribution is 2.32. The Morgan fingerprint density at radius 2 is 1.79 bits per heavy atom. The largest absolute Gasteiger partial charge is 0.342 e. The van der Waals surface area contributed by atoms with Crippen molar-refractivity contribution in [3.63, 3.8) is 0 Å². The summed E-state index contributed by atoms with van der Waals surface area (Å²) < 4.78 is 0. The summed E-state index contributed by atoms with van der Waals surface area (Å²) in [5.41, 5.74) is 5.83. The van der Waals surface area contributed by atoms with Gasteiger partial charge in [-0.25, -0.2) is 0 Å². The van der Waals surface area contributed by atoms with Crippen LogP contribution in [0.4, 0.5) is 0 Å². The molecule has 0 bridgehead atoms. The summed E-state index contributed by atoms with van der Waals surface area (Å²) in [6, 6.07) is 0. The second-order valence-corrected chi connectivity index (χ2v) is 7.05. The molecule has 6 heteroatoms. The van der Waals surface area contributed by atoms with Gasteiger partial charge in [0.1, 0.15) is 0 Å². The third-order valence-corrected chi connectivity index (χ3v) is 5.65. The quantitative estimate of drug-likeness (QED) is 0.776. The lowest BCUT2D eigenvalue weighted by molar-refractivity contribution is -0.136. The van der Waals surface area contributed by atoms with Gasteiger partial charge in [0.2, 0.25) is 11.8 Å². The van der Waals surface area contributed by atoms with Gasteiger partial charge in [-0.15, -0.1) is 0 Å². The summed E-state index contributed by atoms with van der Waals surface area (Å²) in [5.74, 6) is 0.971. The van der Waals surface area contributed by atoms with Crippen LogP contribution >= 0.6 is 0 Å². The highest BCUT2D eigenvalue weighted by Gasteiger charge is 2.35. The van der Waals surface area contributed by atoms with Crippen molar-refractivity contribution in [3.8, 4) is 0 Å². The van der Waals surface area contributed by atoms with E-state index in [1.165, 1.54) is 0 Å². The van der Waals surface area contributed by atoms with Crippen LogP contribution in [0.2, 0.25) is 0 Å². The molecule has 1 aliphatic carbocycles. The van der Waals surface area contributed by atoms with Crippen LogP contribution in [0.25, 0.3) is 0 Å². The van der Waals surface area contributed by atoms with E-state index in [9.17, 15) is 9.59 Å². The van der Waals surface area contributed by atoms with E-state index in [1.807, 2.05) is 23.6 Å². The summed E-state index contributed by atoms with van der Waals surface area (Å²) in [5, 5.41) is 0. The maximum atomic E-state index is 12.8. The normalized spacial score (nSPS) is 25.5. The molecular weight excluding hydrogens is 304 g/mol. The summed E-state index contributed by atoms with van der Waals surface area (Å²) in [7, 11) is 0. The van der Waals surface area contributed by atoms with Crippen LogP contribution in [0.15, 0.2) is 0 Å². The zero-order valence-corrected chi connectivity index (χ0v) is 15.4. The van der Waals surface area contributed by atoms with E-state index in [0.717, 1.165) is 65.0 Å². The van der Waals surface area contributed by atoms with Crippen molar-refractivity contribution >= 4 is 11.8 Å². The Kier molecular flexibility index (Phi) is 7.49. The molecule has 0 unspecified atom stereocenters. The molecule has 2 amide bonds. The molecule has 2 atom stereocenters. The molecule has 0 radical (unpaired) electrons. The smallest absolute Gasteiger partial charge is 0.236 e. The Bertz CT molecular complexity index is 425. The highest BCUT2D eigenvalue weighted by atomic mass is 16.2. The topological polar surface area (TPSA) is 69.9 Å². The van der Waals surface area contributed by atoms with Crippen molar-refractivity contribution in [1.82, 2.24) is 14.7 Å². The molecule has 0 aromatic carbocycles. The number of carbonyl (C=O) groups excluding carboxylic acids is 2. The maximum Gasteiger partial charge on any atom is 0.236 e. The molecule has 1 heterocycles. The SMILES string of the molecule is CCN(CC)C(=O)CN1CCCN(C(=O)[C@@H]2CCC[C@@H]2CN)CC1. The lowest BCUT2D eigenvalue weighted by Gasteiger charge is -2.27. The minimum atomic E-state index is 0.124. The summed E-state index contributed by atoms with van der Waals surface area (Å²) >= 11 is 0. The number of hydrogen-bond acceptors (Lipinski definition) is 4. The van der Waals surface area contributed by atoms with Gasteiger partial charge >= 0.3 is 0 Å². The standard InChI is InChI=1S/C18H34N4O2/c1-3-21(4-2)17(23)14-20-9-6-10-22(12-11-20)18(24)16-8-5-7-15(16)13-19/h15-16H,3-14,19H2,1-2H3/t15-,16-/m1/s1. The average molecular weight is 338 g/mol. The molecule has 2 rings (SSSR count). The zero-order valence-electron chi connectivity index (χ0n) is 15.4. The first-order valence-electron chi connectivity index (χ1n) is 9.59. The third-order valence-electron chi connectivity index (χ3n) is 5.65. The number of nitrogens with zero attached hydrogens (tertiary/aromatic N) is 3. The van der Waals surface area contributed by atoms with E-state index < -0.39 is 0 Å². The monoisotopic (exact) mass is 338 g/mol. The van der Waals surface area contributed by atoms with E-state index in [0.29, 0.717) is 24.9 Å². The minimum absolute atomic E-state index is 0.124. The summed E-state index contributed by atoms with van der Waals surface area (Å²) in [6.07, 6.45) is 4.14. The van der Waals surface area contributed by atoms with Gasteiger partial charge in [-0.1, -0.05) is 6.42 Å². The number of nitrogens with two attached hydrogens (primary N) is 1. The lowest BCUT2D eigenvalue weighted by atomic mass is 9.94. The molecule has 1 aliphatic heterocycles. The molecule has 24 heavy (non-hydrogen) atoms. The fraction of sp³-hybridized carbons (Fsp3) is 0.889. The van der Waals surface area contributed by atoms with Crippen molar-refractivity contribution < 1.29 is 9.59 Å².